The van der Waals surface area contributed by atoms with E-state index in [0.717, 1.165) is 16.2 Å². The number of carbonyl (C=O) groups excluding carboxylic acids is 11. The van der Waals surface area contributed by atoms with E-state index in [1.807, 2.05) is 34.6 Å². The molecule has 10 atom stereocenters. The minimum Gasteiger partial charge on any atom is -0.391 e. The van der Waals surface area contributed by atoms with Crippen LogP contribution in [0, 0.1) is 23.7 Å². The van der Waals surface area contributed by atoms with Crippen LogP contribution in [-0.4, -0.2) is 227 Å². The van der Waals surface area contributed by atoms with Gasteiger partial charge in [-0.3, -0.25) is 52.7 Å². The largest absolute Gasteiger partial charge is 0.391 e. The Bertz CT molecular complexity index is 2380. The molecule has 2 aliphatic rings. The Labute approximate surface area is 486 Å². The summed E-state index contributed by atoms with van der Waals surface area (Å²) in [6.07, 6.45) is 0.807. The minimum atomic E-state index is -1.61. The van der Waals surface area contributed by atoms with Crippen LogP contribution in [0.15, 0.2) is 30.3 Å². The molecule has 0 unspecified atom stereocenters. The first-order chi connectivity index (χ1) is 38.3. The van der Waals surface area contributed by atoms with Gasteiger partial charge in [-0.2, -0.15) is 0 Å². The Morgan fingerprint density at radius 2 is 1.17 bits per heavy atom. The van der Waals surface area contributed by atoms with Crippen molar-refractivity contribution in [1.82, 2.24) is 55.6 Å². The molecule has 23 heteroatoms. The minimum absolute atomic E-state index is 0.0304. The normalized spacial score (nSPS) is 26.1. The molecule has 3 rings (SSSR count). The molecule has 1 aromatic rings. The fourth-order valence-corrected chi connectivity index (χ4v) is 10.3. The zero-order valence-corrected chi connectivity index (χ0v) is 51.7. The van der Waals surface area contributed by atoms with Crippen LogP contribution < -0.4 is 21.3 Å². The maximum Gasteiger partial charge on any atom is 0.248 e. The molecule has 2 heterocycles. The zero-order chi connectivity index (χ0) is 62.0. The van der Waals surface area contributed by atoms with E-state index in [1.54, 1.807) is 56.0 Å². The second-order valence-corrected chi connectivity index (χ2v) is 23.8. The number of piperidine rings is 1. The lowest BCUT2D eigenvalue weighted by molar-refractivity contribution is -0.151. The van der Waals surface area contributed by atoms with Gasteiger partial charge in [0.15, 0.2) is 0 Å². The van der Waals surface area contributed by atoms with Crippen LogP contribution in [0.25, 0.3) is 0 Å². The lowest BCUT2D eigenvalue weighted by atomic mass is 9.94. The number of carbonyl (C=O) groups is 11. The summed E-state index contributed by atoms with van der Waals surface area (Å²) < 4.78 is 0. The van der Waals surface area contributed by atoms with Crippen LogP contribution >= 0.6 is 0 Å². The highest BCUT2D eigenvalue weighted by Gasteiger charge is 2.42. The van der Waals surface area contributed by atoms with E-state index in [4.69, 9.17) is 0 Å². The monoisotopic (exact) mass is 1150 g/mol. The quantitative estimate of drug-likeness (QED) is 0.210. The summed E-state index contributed by atoms with van der Waals surface area (Å²) in [7, 11) is 8.44. The number of likely N-dealkylation sites (tertiary alicyclic amines) is 1. The predicted octanol–water partition coefficient (Wildman–Crippen LogP) is 1.39. The van der Waals surface area contributed by atoms with E-state index in [-0.39, 0.29) is 44.1 Å². The molecule has 0 aromatic heterocycles. The fraction of sp³-hybridized carbons (Fsp3) is 0.712. The molecule has 11 amide bonds. The van der Waals surface area contributed by atoms with Gasteiger partial charge in [-0.05, 0) is 75.2 Å². The van der Waals surface area contributed by atoms with Crippen LogP contribution in [0.3, 0.4) is 0 Å². The van der Waals surface area contributed by atoms with Gasteiger partial charge >= 0.3 is 0 Å². The van der Waals surface area contributed by atoms with E-state index < -0.39 is 144 Å². The van der Waals surface area contributed by atoms with Crippen molar-refractivity contribution in [3.05, 3.63) is 35.9 Å². The highest BCUT2D eigenvalue weighted by Crippen LogP contribution is 2.22. The van der Waals surface area contributed by atoms with Gasteiger partial charge < -0.3 is 60.7 Å². The number of hydrogen-bond acceptors (Lipinski definition) is 12. The smallest absolute Gasteiger partial charge is 0.248 e. The average molecular weight is 1150 g/mol. The third-order valence-corrected chi connectivity index (χ3v) is 15.9. The molecule has 23 nitrogen and oxygen atoms in total. The summed E-state index contributed by atoms with van der Waals surface area (Å²) in [5.41, 5.74) is 0.663. The van der Waals surface area contributed by atoms with E-state index in [2.05, 4.69) is 21.3 Å². The van der Waals surface area contributed by atoms with Crippen molar-refractivity contribution in [3.8, 4) is 0 Å². The summed E-state index contributed by atoms with van der Waals surface area (Å²) in [6.45, 7) is 17.2. The van der Waals surface area contributed by atoms with Gasteiger partial charge in [0.25, 0.3) is 0 Å². The predicted molar refractivity (Wildman–Crippen MR) is 310 cm³/mol. The number of nitrogens with zero attached hydrogens (tertiary/aromatic N) is 7. The van der Waals surface area contributed by atoms with Crippen molar-refractivity contribution in [1.29, 1.82) is 0 Å². The number of rotatable bonds is 11. The van der Waals surface area contributed by atoms with E-state index >= 15 is 0 Å². The molecule has 5 N–H and O–H groups in total. The molecule has 0 bridgehead atoms. The summed E-state index contributed by atoms with van der Waals surface area (Å²) in [6, 6.07) is -1.29. The fourth-order valence-electron chi connectivity index (χ4n) is 10.3. The van der Waals surface area contributed by atoms with E-state index in [9.17, 15) is 57.8 Å². The zero-order valence-electron chi connectivity index (χ0n) is 51.7. The molecule has 2 aliphatic heterocycles. The average Bonchev–Trinajstić information content (AvgIpc) is 3.60. The van der Waals surface area contributed by atoms with E-state index in [1.165, 1.54) is 75.7 Å². The second-order valence-electron chi connectivity index (χ2n) is 23.8. The van der Waals surface area contributed by atoms with Crippen molar-refractivity contribution in [2.45, 2.75) is 181 Å². The Kier molecular flexibility index (Phi) is 27.4. The number of likely N-dealkylation sites (N-methyl/N-ethyl adjacent to an activating group) is 5. The van der Waals surface area contributed by atoms with Crippen molar-refractivity contribution in [2.75, 3.05) is 68.5 Å². The van der Waals surface area contributed by atoms with Crippen LogP contribution in [0.1, 0.15) is 126 Å². The Hall–Kier alpha value is -6.65. The van der Waals surface area contributed by atoms with Gasteiger partial charge in [0.05, 0.1) is 19.1 Å². The highest BCUT2D eigenvalue weighted by molar-refractivity contribution is 5.99. The molecular formula is C59H97N11O12. The van der Waals surface area contributed by atoms with Crippen molar-refractivity contribution < 1.29 is 57.8 Å². The van der Waals surface area contributed by atoms with Gasteiger partial charge in [-0.1, -0.05) is 92.1 Å². The lowest BCUT2D eigenvalue weighted by Gasteiger charge is -2.38. The maximum absolute atomic E-state index is 14.8. The number of benzene rings is 1. The summed E-state index contributed by atoms with van der Waals surface area (Å²) in [5, 5.41) is 21.9. The molecule has 460 valence electrons. The van der Waals surface area contributed by atoms with Gasteiger partial charge in [-0.25, -0.2) is 0 Å². The van der Waals surface area contributed by atoms with Crippen molar-refractivity contribution >= 4 is 65.0 Å². The number of amides is 11. The summed E-state index contributed by atoms with van der Waals surface area (Å²) in [5.74, 6) is -8.55. The number of aliphatic hydroxyl groups is 1. The standard InChI is InChI=1S/C59H97N11O12/c1-17-38(8)49-58(81)69(16)51(37(6)7)59(82)66(13)39(9)52(75)63-50(40(10)71)57(80)65(12)34-46(72)60-42(30-35(2)3)55(78)68(15)45(32-41-24-20-18-21-25-41)53(76)61-43(56(79)70-27-22-19-23-28-70)33-48(74)64(11)29-26-47(73)67(14)44(31-36(4)5)54(77)62-49/h18,20-21,24-25,35-40,42-45,49-51,71H,17,19,22-23,26-34H2,1-16H3,(H,60,72)(H,61,76)(H,62,77)(H,63,75)/t38-,39-,40+,42-,43-,44-,45-,49-,50-,51-/m0/s1. The summed E-state index contributed by atoms with van der Waals surface area (Å²) in [4.78, 5) is 167. The third-order valence-electron chi connectivity index (χ3n) is 15.9. The first-order valence-electron chi connectivity index (χ1n) is 29.1. The number of hydrogen-bond donors (Lipinski definition) is 5. The Balaban J connectivity index is 2.20. The van der Waals surface area contributed by atoms with Crippen LogP contribution in [0.2, 0.25) is 0 Å². The lowest BCUT2D eigenvalue weighted by Crippen LogP contribution is -2.62. The molecule has 0 radical (unpaired) electrons. The topological polar surface area (TPSA) is 279 Å². The third kappa shape index (κ3) is 19.5. The number of aliphatic hydroxyl groups excluding tert-OH is 1. The first kappa shape index (κ1) is 69.6. The van der Waals surface area contributed by atoms with Gasteiger partial charge in [0, 0.05) is 74.8 Å². The maximum atomic E-state index is 14.8. The molecule has 2 saturated heterocycles. The molecule has 82 heavy (non-hydrogen) atoms. The molecule has 2 fully saturated rings. The second kappa shape index (κ2) is 32.3. The van der Waals surface area contributed by atoms with Crippen molar-refractivity contribution in [3.63, 3.8) is 0 Å². The summed E-state index contributed by atoms with van der Waals surface area (Å²) >= 11 is 0. The van der Waals surface area contributed by atoms with Crippen LogP contribution in [-0.2, 0) is 59.2 Å². The van der Waals surface area contributed by atoms with Crippen LogP contribution in [0.4, 0.5) is 0 Å². The Morgan fingerprint density at radius 1 is 0.598 bits per heavy atom. The van der Waals surface area contributed by atoms with Gasteiger partial charge in [0.1, 0.15) is 48.3 Å². The molecular weight excluding hydrogens is 1050 g/mol. The van der Waals surface area contributed by atoms with Gasteiger partial charge in [-0.15, -0.1) is 0 Å². The molecule has 0 saturated carbocycles. The van der Waals surface area contributed by atoms with Crippen molar-refractivity contribution in [2.24, 2.45) is 23.7 Å². The number of nitrogens with one attached hydrogen (secondary N) is 4. The van der Waals surface area contributed by atoms with Crippen LogP contribution in [0.5, 0.6) is 0 Å². The van der Waals surface area contributed by atoms with E-state index in [0.29, 0.717) is 37.9 Å². The molecule has 1 aromatic carbocycles. The first-order valence-corrected chi connectivity index (χ1v) is 29.1. The SMILES string of the molecule is CC[C@H](C)[C@@H]1NC(=O)[C@H](CC(C)C)N(C)C(=O)CCN(C)C(=O)C[C@@H](C(=O)N2CCCCC2)NC(=O)[C@H](Cc2ccccc2)N(C)C(=O)[C@H](CC(C)C)NC(=O)CN(C)C(=O)[C@H]([C@@H](C)O)NC(=O)[C@H](C)N(C)C(=O)[C@H](C(C)C)N(C)C1=O. The Morgan fingerprint density at radius 3 is 1.72 bits per heavy atom. The van der Waals surface area contributed by atoms with Gasteiger partial charge in [0.2, 0.25) is 65.0 Å². The molecule has 0 spiro atoms. The highest BCUT2D eigenvalue weighted by atomic mass is 16.3. The molecule has 0 aliphatic carbocycles.